The van der Waals surface area contributed by atoms with Crippen molar-refractivity contribution in [3.05, 3.63) is 35.9 Å². The number of rotatable bonds is 4. The summed E-state index contributed by atoms with van der Waals surface area (Å²) in [6.45, 7) is 1.11. The van der Waals surface area contributed by atoms with Crippen LogP contribution in [0.4, 0.5) is 4.79 Å². The number of urea groups is 1. The van der Waals surface area contributed by atoms with E-state index in [1.807, 2.05) is 0 Å². The molecule has 6 nitrogen and oxygen atoms in total. The van der Waals surface area contributed by atoms with Gasteiger partial charge in [-0.1, -0.05) is 30.3 Å². The molecule has 114 valence electrons. The van der Waals surface area contributed by atoms with Crippen LogP contribution in [-0.4, -0.2) is 48.3 Å². The van der Waals surface area contributed by atoms with Crippen LogP contribution in [0.3, 0.4) is 0 Å². The first-order chi connectivity index (χ1) is 10.1. The van der Waals surface area contributed by atoms with Gasteiger partial charge >= 0.3 is 12.0 Å². The maximum absolute atomic E-state index is 12.2. The summed E-state index contributed by atoms with van der Waals surface area (Å²) >= 11 is 0. The number of carboxylic acid groups (broad SMARTS) is 1. The van der Waals surface area contributed by atoms with Crippen molar-refractivity contribution in [1.29, 1.82) is 0 Å². The fraction of sp³-hybridized carbons (Fsp3) is 0.467. The average Bonchev–Trinajstić information content (AvgIpc) is 2.53. The van der Waals surface area contributed by atoms with E-state index >= 15 is 0 Å². The van der Waals surface area contributed by atoms with Crippen molar-refractivity contribution < 1.29 is 19.4 Å². The molecule has 0 aliphatic carbocycles. The van der Waals surface area contributed by atoms with Crippen LogP contribution >= 0.6 is 0 Å². The number of hydrogen-bond donors (Lipinski definition) is 2. The molecule has 2 amide bonds. The number of hydrogen-bond acceptors (Lipinski definition) is 3. The Balaban J connectivity index is 2.03. The van der Waals surface area contributed by atoms with Gasteiger partial charge in [0.05, 0.1) is 6.10 Å². The second-order valence-corrected chi connectivity index (χ2v) is 5.08. The van der Waals surface area contributed by atoms with Crippen molar-refractivity contribution in [2.45, 2.75) is 25.0 Å². The van der Waals surface area contributed by atoms with Crippen LogP contribution in [0.2, 0.25) is 0 Å². The Morgan fingerprint density at radius 2 is 2.10 bits per heavy atom. The van der Waals surface area contributed by atoms with E-state index in [9.17, 15) is 14.7 Å². The van der Waals surface area contributed by atoms with Crippen molar-refractivity contribution in [3.63, 3.8) is 0 Å². The number of carbonyl (C=O) groups excluding carboxylic acids is 1. The summed E-state index contributed by atoms with van der Waals surface area (Å²) in [5.41, 5.74) is 0.554. The van der Waals surface area contributed by atoms with Gasteiger partial charge in [0.1, 0.15) is 0 Å². The summed E-state index contributed by atoms with van der Waals surface area (Å²) in [7, 11) is 1.62. The third kappa shape index (κ3) is 3.95. The van der Waals surface area contributed by atoms with E-state index in [4.69, 9.17) is 4.74 Å². The minimum atomic E-state index is -1.07. The smallest absolute Gasteiger partial charge is 0.330 e. The number of carboxylic acids is 1. The molecule has 1 heterocycles. The molecule has 1 saturated heterocycles. The molecular weight excluding hydrogens is 272 g/mol. The summed E-state index contributed by atoms with van der Waals surface area (Å²) in [4.78, 5) is 25.2. The molecule has 1 fully saturated rings. The molecule has 0 bridgehead atoms. The SMILES string of the molecule is COC1CCCN(C(=O)N[C@H](C(=O)O)c2ccccc2)C1. The Morgan fingerprint density at radius 1 is 1.38 bits per heavy atom. The molecule has 1 aliphatic rings. The van der Waals surface area contributed by atoms with Gasteiger partial charge in [0, 0.05) is 20.2 Å². The Labute approximate surface area is 123 Å². The summed E-state index contributed by atoms with van der Waals surface area (Å²) in [5.74, 6) is -1.07. The highest BCUT2D eigenvalue weighted by Crippen LogP contribution is 2.16. The first kappa shape index (κ1) is 15.3. The maximum Gasteiger partial charge on any atom is 0.330 e. The highest BCUT2D eigenvalue weighted by Gasteiger charge is 2.28. The van der Waals surface area contributed by atoms with Gasteiger partial charge in [0.2, 0.25) is 0 Å². The zero-order chi connectivity index (χ0) is 15.2. The summed E-state index contributed by atoms with van der Waals surface area (Å²) in [6, 6.07) is 7.27. The quantitative estimate of drug-likeness (QED) is 0.884. The van der Waals surface area contributed by atoms with Crippen molar-refractivity contribution in [2.75, 3.05) is 20.2 Å². The number of nitrogens with one attached hydrogen (secondary N) is 1. The van der Waals surface area contributed by atoms with E-state index < -0.39 is 12.0 Å². The molecule has 0 radical (unpaired) electrons. The maximum atomic E-state index is 12.2. The number of aliphatic carboxylic acids is 1. The third-order valence-electron chi connectivity index (χ3n) is 3.65. The minimum absolute atomic E-state index is 0.0181. The molecule has 2 atom stereocenters. The largest absolute Gasteiger partial charge is 0.479 e. The molecule has 0 spiro atoms. The van der Waals surface area contributed by atoms with Gasteiger partial charge in [0.25, 0.3) is 0 Å². The zero-order valence-electron chi connectivity index (χ0n) is 12.0. The van der Waals surface area contributed by atoms with Crippen LogP contribution in [0, 0.1) is 0 Å². The van der Waals surface area contributed by atoms with Gasteiger partial charge in [0.15, 0.2) is 6.04 Å². The topological polar surface area (TPSA) is 78.9 Å². The van der Waals surface area contributed by atoms with E-state index in [1.165, 1.54) is 0 Å². The van der Waals surface area contributed by atoms with E-state index in [2.05, 4.69) is 5.32 Å². The van der Waals surface area contributed by atoms with Crippen LogP contribution in [0.5, 0.6) is 0 Å². The fourth-order valence-corrected chi connectivity index (χ4v) is 2.46. The average molecular weight is 292 g/mol. The van der Waals surface area contributed by atoms with Crippen LogP contribution < -0.4 is 5.32 Å². The van der Waals surface area contributed by atoms with Crippen molar-refractivity contribution >= 4 is 12.0 Å². The molecule has 21 heavy (non-hydrogen) atoms. The molecule has 1 aliphatic heterocycles. The van der Waals surface area contributed by atoms with E-state index in [0.717, 1.165) is 12.8 Å². The van der Waals surface area contributed by atoms with Crippen molar-refractivity contribution in [2.24, 2.45) is 0 Å². The lowest BCUT2D eigenvalue weighted by Gasteiger charge is -2.32. The molecule has 1 aromatic carbocycles. The van der Waals surface area contributed by atoms with Gasteiger partial charge in [-0.05, 0) is 18.4 Å². The molecule has 1 aromatic rings. The zero-order valence-corrected chi connectivity index (χ0v) is 12.0. The van der Waals surface area contributed by atoms with Crippen LogP contribution in [0.1, 0.15) is 24.4 Å². The number of benzene rings is 1. The summed E-state index contributed by atoms with van der Waals surface area (Å²) in [5, 5.41) is 11.9. The van der Waals surface area contributed by atoms with Gasteiger partial charge in [-0.15, -0.1) is 0 Å². The van der Waals surface area contributed by atoms with Gasteiger partial charge in [-0.25, -0.2) is 9.59 Å². The predicted octanol–water partition coefficient (Wildman–Crippen LogP) is 1.63. The number of ether oxygens (including phenoxy) is 1. The number of methoxy groups -OCH3 is 1. The van der Waals surface area contributed by atoms with Gasteiger partial charge < -0.3 is 20.1 Å². The van der Waals surface area contributed by atoms with Gasteiger partial charge in [-0.2, -0.15) is 0 Å². The monoisotopic (exact) mass is 292 g/mol. The lowest BCUT2D eigenvalue weighted by molar-refractivity contribution is -0.139. The minimum Gasteiger partial charge on any atom is -0.479 e. The van der Waals surface area contributed by atoms with Crippen LogP contribution in [-0.2, 0) is 9.53 Å². The van der Waals surface area contributed by atoms with Crippen molar-refractivity contribution in [3.8, 4) is 0 Å². The highest BCUT2D eigenvalue weighted by atomic mass is 16.5. The summed E-state index contributed by atoms with van der Waals surface area (Å²) < 4.78 is 5.27. The molecule has 2 rings (SSSR count). The molecular formula is C15H20N2O4. The Bertz CT molecular complexity index is 492. The first-order valence-electron chi connectivity index (χ1n) is 6.98. The third-order valence-corrected chi connectivity index (χ3v) is 3.65. The van der Waals surface area contributed by atoms with Gasteiger partial charge in [-0.3, -0.25) is 0 Å². The lowest BCUT2D eigenvalue weighted by Crippen LogP contribution is -2.49. The van der Waals surface area contributed by atoms with Crippen LogP contribution in [0.25, 0.3) is 0 Å². The lowest BCUT2D eigenvalue weighted by atomic mass is 10.1. The standard InChI is InChI=1S/C15H20N2O4/c1-21-12-8-5-9-17(10-12)15(20)16-13(14(18)19)11-6-3-2-4-7-11/h2-4,6-7,12-13H,5,8-10H2,1H3,(H,16,20)(H,18,19)/t12?,13-/m0/s1. The molecule has 6 heteroatoms. The Kier molecular flexibility index (Phi) is 5.16. The fourth-order valence-electron chi connectivity index (χ4n) is 2.46. The van der Waals surface area contributed by atoms with E-state index in [0.29, 0.717) is 18.7 Å². The Morgan fingerprint density at radius 3 is 2.71 bits per heavy atom. The first-order valence-corrected chi connectivity index (χ1v) is 6.98. The second kappa shape index (κ2) is 7.08. The number of nitrogens with zero attached hydrogens (tertiary/aromatic N) is 1. The van der Waals surface area contributed by atoms with Crippen LogP contribution in [0.15, 0.2) is 30.3 Å². The molecule has 2 N–H and O–H groups in total. The molecule has 0 aromatic heterocycles. The van der Waals surface area contributed by atoms with E-state index in [1.54, 1.807) is 42.3 Å². The number of likely N-dealkylation sites (tertiary alicyclic amines) is 1. The molecule has 0 saturated carbocycles. The summed E-state index contributed by atoms with van der Waals surface area (Å²) in [6.07, 6.45) is 1.79. The predicted molar refractivity (Wildman–Crippen MR) is 77.0 cm³/mol. The number of carbonyl (C=O) groups is 2. The van der Waals surface area contributed by atoms with E-state index in [-0.39, 0.29) is 12.1 Å². The van der Waals surface area contributed by atoms with Crippen molar-refractivity contribution in [1.82, 2.24) is 10.2 Å². The Hall–Kier alpha value is -2.08. The normalized spacial score (nSPS) is 19.9. The second-order valence-electron chi connectivity index (χ2n) is 5.08. The number of amides is 2. The highest BCUT2D eigenvalue weighted by molar-refractivity contribution is 5.83. The molecule has 1 unspecified atom stereocenters. The number of piperidine rings is 1.